The number of benzene rings is 1. The first-order valence-electron chi connectivity index (χ1n) is 6.89. The van der Waals surface area contributed by atoms with Gasteiger partial charge < -0.3 is 20.1 Å². The van der Waals surface area contributed by atoms with Crippen LogP contribution in [0.1, 0.15) is 13.3 Å². The van der Waals surface area contributed by atoms with Crippen molar-refractivity contribution in [3.8, 4) is 5.75 Å². The maximum absolute atomic E-state index is 11.9. The minimum Gasteiger partial charge on any atom is -0.487 e. The summed E-state index contributed by atoms with van der Waals surface area (Å²) in [5.41, 5.74) is -1.04. The fraction of sp³-hybridized carbons (Fsp3) is 0.533. The zero-order chi connectivity index (χ0) is 14.6. The summed E-state index contributed by atoms with van der Waals surface area (Å²) < 4.78 is 5.86. The Hall–Kier alpha value is -1.30. The summed E-state index contributed by atoms with van der Waals surface area (Å²) in [6.45, 7) is 2.92. The van der Waals surface area contributed by atoms with E-state index in [0.29, 0.717) is 26.1 Å². The van der Waals surface area contributed by atoms with Crippen LogP contribution in [0.15, 0.2) is 30.3 Å². The van der Waals surface area contributed by atoms with Crippen molar-refractivity contribution in [2.45, 2.75) is 25.0 Å². The number of halogens is 1. The van der Waals surface area contributed by atoms with Crippen LogP contribution >= 0.6 is 12.4 Å². The lowest BCUT2D eigenvalue weighted by Gasteiger charge is -2.42. The van der Waals surface area contributed by atoms with E-state index in [4.69, 9.17) is 4.74 Å². The predicted octanol–water partition coefficient (Wildman–Crippen LogP) is 1.06. The highest BCUT2D eigenvalue weighted by molar-refractivity contribution is 5.85. The van der Waals surface area contributed by atoms with Crippen molar-refractivity contribution >= 4 is 18.3 Å². The molecule has 1 aliphatic rings. The fourth-order valence-electron chi connectivity index (χ4n) is 2.48. The summed E-state index contributed by atoms with van der Waals surface area (Å²) in [6.07, 6.45) is 0.320. The smallest absolute Gasteiger partial charge is 0.236 e. The zero-order valence-electron chi connectivity index (χ0n) is 12.4. The van der Waals surface area contributed by atoms with E-state index >= 15 is 0 Å². The zero-order valence-corrected chi connectivity index (χ0v) is 13.2. The molecule has 5 nitrogen and oxygen atoms in total. The Morgan fingerprint density at radius 2 is 2.14 bits per heavy atom. The molecule has 1 amide bonds. The quantitative estimate of drug-likeness (QED) is 0.872. The molecular formula is C15H23ClN2O3. The molecule has 0 bridgehead atoms. The van der Waals surface area contributed by atoms with Crippen molar-refractivity contribution in [1.82, 2.24) is 10.2 Å². The van der Waals surface area contributed by atoms with Gasteiger partial charge in [0.15, 0.2) is 0 Å². The van der Waals surface area contributed by atoms with Crippen LogP contribution in [0.5, 0.6) is 5.75 Å². The number of carbonyl (C=O) groups is 1. The van der Waals surface area contributed by atoms with E-state index in [1.165, 1.54) is 0 Å². The molecule has 1 heterocycles. The van der Waals surface area contributed by atoms with Crippen LogP contribution in [-0.4, -0.2) is 54.3 Å². The number of amides is 1. The number of nitrogens with one attached hydrogen (secondary N) is 1. The Morgan fingerprint density at radius 3 is 2.71 bits per heavy atom. The molecule has 1 fully saturated rings. The molecule has 0 spiro atoms. The minimum absolute atomic E-state index is 0. The molecule has 0 aliphatic carbocycles. The average Bonchev–Trinajstić information content (AvgIpc) is 2.42. The number of aliphatic hydroxyl groups is 1. The van der Waals surface area contributed by atoms with Crippen LogP contribution in [0.4, 0.5) is 0 Å². The number of hydrogen-bond donors (Lipinski definition) is 2. The predicted molar refractivity (Wildman–Crippen MR) is 83.9 cm³/mol. The van der Waals surface area contributed by atoms with E-state index in [1.807, 2.05) is 30.3 Å². The number of piperidine rings is 1. The molecular weight excluding hydrogens is 292 g/mol. The average molecular weight is 315 g/mol. The summed E-state index contributed by atoms with van der Waals surface area (Å²) in [5, 5.41) is 13.4. The van der Waals surface area contributed by atoms with E-state index in [-0.39, 0.29) is 24.4 Å². The second-order valence-corrected chi connectivity index (χ2v) is 5.41. The molecule has 1 saturated heterocycles. The standard InChI is InChI=1S/C15H22N2O3.ClH/c1-15(19)11-17(14(18)10-16-2)9-8-13(15)20-12-6-4-3-5-7-12;/h3-7,13,16,19H,8-11H2,1-2H3;1H/t13-,15-;/m0./s1. The van der Waals surface area contributed by atoms with Gasteiger partial charge >= 0.3 is 0 Å². The van der Waals surface area contributed by atoms with Crippen LogP contribution in [0.2, 0.25) is 0 Å². The number of carbonyl (C=O) groups excluding carboxylic acids is 1. The lowest BCUT2D eigenvalue weighted by molar-refractivity contribution is -0.144. The Balaban J connectivity index is 0.00000220. The highest BCUT2D eigenvalue weighted by Gasteiger charge is 2.41. The van der Waals surface area contributed by atoms with E-state index in [2.05, 4.69) is 5.32 Å². The van der Waals surface area contributed by atoms with E-state index in [0.717, 1.165) is 5.75 Å². The van der Waals surface area contributed by atoms with Crippen LogP contribution in [0.25, 0.3) is 0 Å². The van der Waals surface area contributed by atoms with Crippen molar-refractivity contribution in [2.75, 3.05) is 26.7 Å². The van der Waals surface area contributed by atoms with E-state index < -0.39 is 5.60 Å². The van der Waals surface area contributed by atoms with Gasteiger partial charge in [0, 0.05) is 13.0 Å². The Bertz CT molecular complexity index is 453. The summed E-state index contributed by atoms with van der Waals surface area (Å²) in [4.78, 5) is 13.5. The molecule has 2 N–H and O–H groups in total. The monoisotopic (exact) mass is 314 g/mol. The molecule has 0 saturated carbocycles. The summed E-state index contributed by atoms with van der Waals surface area (Å²) in [6, 6.07) is 9.46. The van der Waals surface area contributed by atoms with Crippen LogP contribution < -0.4 is 10.1 Å². The number of ether oxygens (including phenoxy) is 1. The van der Waals surface area contributed by atoms with Gasteiger partial charge in [-0.05, 0) is 26.1 Å². The van der Waals surface area contributed by atoms with Gasteiger partial charge in [-0.1, -0.05) is 18.2 Å². The van der Waals surface area contributed by atoms with Gasteiger partial charge in [-0.2, -0.15) is 0 Å². The number of likely N-dealkylation sites (N-methyl/N-ethyl adjacent to an activating group) is 1. The van der Waals surface area contributed by atoms with Gasteiger partial charge in [0.25, 0.3) is 0 Å². The molecule has 6 heteroatoms. The molecule has 0 radical (unpaired) electrons. The second-order valence-electron chi connectivity index (χ2n) is 5.41. The normalized spacial score (nSPS) is 25.1. The van der Waals surface area contributed by atoms with Crippen molar-refractivity contribution < 1.29 is 14.6 Å². The Kier molecular flexibility index (Phi) is 6.45. The Labute approximate surface area is 131 Å². The molecule has 2 rings (SSSR count). The first kappa shape index (κ1) is 17.8. The molecule has 1 aliphatic heterocycles. The summed E-state index contributed by atoms with van der Waals surface area (Å²) in [5.74, 6) is 0.749. The maximum Gasteiger partial charge on any atom is 0.236 e. The van der Waals surface area contributed by atoms with Crippen LogP contribution in [-0.2, 0) is 4.79 Å². The van der Waals surface area contributed by atoms with Gasteiger partial charge in [-0.3, -0.25) is 4.79 Å². The van der Waals surface area contributed by atoms with Gasteiger partial charge in [0.2, 0.25) is 5.91 Å². The van der Waals surface area contributed by atoms with Crippen LogP contribution in [0, 0.1) is 0 Å². The number of hydrogen-bond acceptors (Lipinski definition) is 4. The van der Waals surface area contributed by atoms with Gasteiger partial charge in [0.05, 0.1) is 13.1 Å². The molecule has 2 atom stereocenters. The fourth-order valence-corrected chi connectivity index (χ4v) is 2.48. The van der Waals surface area contributed by atoms with Crippen molar-refractivity contribution in [3.05, 3.63) is 30.3 Å². The van der Waals surface area contributed by atoms with Crippen molar-refractivity contribution in [2.24, 2.45) is 0 Å². The minimum atomic E-state index is -1.04. The van der Waals surface area contributed by atoms with Crippen molar-refractivity contribution in [1.29, 1.82) is 0 Å². The number of likely N-dealkylation sites (tertiary alicyclic amines) is 1. The third-order valence-electron chi connectivity index (χ3n) is 3.57. The molecule has 1 aromatic carbocycles. The van der Waals surface area contributed by atoms with Gasteiger partial charge in [-0.15, -0.1) is 12.4 Å². The summed E-state index contributed by atoms with van der Waals surface area (Å²) in [7, 11) is 1.74. The first-order valence-corrected chi connectivity index (χ1v) is 6.89. The third-order valence-corrected chi connectivity index (χ3v) is 3.57. The highest BCUT2D eigenvalue weighted by Crippen LogP contribution is 2.26. The second kappa shape index (κ2) is 7.64. The Morgan fingerprint density at radius 1 is 1.48 bits per heavy atom. The first-order chi connectivity index (χ1) is 9.53. The largest absolute Gasteiger partial charge is 0.487 e. The number of β-amino-alcohol motifs (C(OH)–C–C–N with tert-alkyl or cyclic N) is 1. The number of para-hydroxylation sites is 1. The number of nitrogens with zero attached hydrogens (tertiary/aromatic N) is 1. The van der Waals surface area contributed by atoms with E-state index in [1.54, 1.807) is 18.9 Å². The van der Waals surface area contributed by atoms with E-state index in [9.17, 15) is 9.90 Å². The summed E-state index contributed by atoms with van der Waals surface area (Å²) >= 11 is 0. The molecule has 0 unspecified atom stereocenters. The molecule has 118 valence electrons. The van der Waals surface area contributed by atoms with Crippen LogP contribution in [0.3, 0.4) is 0 Å². The maximum atomic E-state index is 11.9. The number of rotatable bonds is 4. The molecule has 1 aromatic rings. The SMILES string of the molecule is CNCC(=O)N1CC[C@H](Oc2ccccc2)[C@@](C)(O)C1.Cl. The third kappa shape index (κ3) is 4.59. The molecule has 21 heavy (non-hydrogen) atoms. The lowest BCUT2D eigenvalue weighted by atomic mass is 9.91. The lowest BCUT2D eigenvalue weighted by Crippen LogP contribution is -2.59. The molecule has 0 aromatic heterocycles. The highest BCUT2D eigenvalue weighted by atomic mass is 35.5. The van der Waals surface area contributed by atoms with Crippen molar-refractivity contribution in [3.63, 3.8) is 0 Å². The van der Waals surface area contributed by atoms with Gasteiger partial charge in [0.1, 0.15) is 17.5 Å². The van der Waals surface area contributed by atoms with Gasteiger partial charge in [-0.25, -0.2) is 0 Å². The topological polar surface area (TPSA) is 61.8 Å².